The third-order valence-corrected chi connectivity index (χ3v) is 2.79. The highest BCUT2D eigenvalue weighted by molar-refractivity contribution is 6.30. The highest BCUT2D eigenvalue weighted by Gasteiger charge is 2.14. The zero-order chi connectivity index (χ0) is 16.0. The molecule has 3 nitrogen and oxygen atoms in total. The maximum atomic E-state index is 13.6. The fourth-order valence-corrected chi connectivity index (χ4v) is 1.69. The summed E-state index contributed by atoms with van der Waals surface area (Å²) in [6, 6.07) is 8.88. The van der Waals surface area contributed by atoms with Crippen molar-refractivity contribution in [3.05, 3.63) is 58.4 Å². The highest BCUT2D eigenvalue weighted by Crippen LogP contribution is 2.28. The van der Waals surface area contributed by atoms with Gasteiger partial charge in [0.25, 0.3) is 0 Å². The predicted molar refractivity (Wildman–Crippen MR) is 81.0 cm³/mol. The molecule has 0 fully saturated rings. The van der Waals surface area contributed by atoms with Gasteiger partial charge in [-0.3, -0.25) is 0 Å². The first kappa shape index (κ1) is 17.0. The zero-order valence-electron chi connectivity index (χ0n) is 12.0. The van der Waals surface area contributed by atoms with Crippen molar-refractivity contribution in [1.29, 1.82) is 0 Å². The number of carboxylic acids is 1. The molecule has 0 unspecified atom stereocenters. The van der Waals surface area contributed by atoms with Crippen molar-refractivity contribution in [2.24, 2.45) is 0 Å². The number of carboxylic acid groups (broad SMARTS) is 1. The first-order chi connectivity index (χ1) is 9.97. The van der Waals surface area contributed by atoms with Gasteiger partial charge in [0.2, 0.25) is 0 Å². The lowest BCUT2D eigenvalue weighted by Gasteiger charge is -2.10. The van der Waals surface area contributed by atoms with E-state index in [1.54, 1.807) is 31.2 Å². The van der Waals surface area contributed by atoms with Crippen molar-refractivity contribution in [2.75, 3.05) is 0 Å². The molecule has 0 spiro atoms. The Bertz CT molecular complexity index is 624. The Labute approximate surface area is 127 Å². The molecule has 0 amide bonds. The third kappa shape index (κ3) is 4.46. The molecular weight excluding hydrogens is 295 g/mol. The highest BCUT2D eigenvalue weighted by atomic mass is 35.5. The van der Waals surface area contributed by atoms with Crippen LogP contribution in [0.2, 0.25) is 5.02 Å². The maximum absolute atomic E-state index is 13.6. The topological polar surface area (TPSA) is 46.5 Å². The van der Waals surface area contributed by atoms with Gasteiger partial charge in [0.05, 0.1) is 5.56 Å². The van der Waals surface area contributed by atoms with Crippen LogP contribution in [0.3, 0.4) is 0 Å². The molecule has 2 aromatic carbocycles. The molecule has 2 rings (SSSR count). The van der Waals surface area contributed by atoms with Crippen molar-refractivity contribution in [3.63, 3.8) is 0 Å². The van der Waals surface area contributed by atoms with Gasteiger partial charge in [-0.2, -0.15) is 0 Å². The molecule has 0 radical (unpaired) electrons. The minimum atomic E-state index is -1.31. The normalized spacial score (nSPS) is 9.57. The van der Waals surface area contributed by atoms with Crippen molar-refractivity contribution in [3.8, 4) is 11.5 Å². The van der Waals surface area contributed by atoms with Gasteiger partial charge in [-0.05, 0) is 42.8 Å². The van der Waals surface area contributed by atoms with Crippen LogP contribution in [0.1, 0.15) is 29.8 Å². The zero-order valence-corrected chi connectivity index (χ0v) is 12.7. The lowest BCUT2D eigenvalue weighted by molar-refractivity contribution is 0.0691. The molecule has 5 heteroatoms. The van der Waals surface area contributed by atoms with E-state index in [1.165, 1.54) is 6.07 Å². The van der Waals surface area contributed by atoms with E-state index in [2.05, 4.69) is 0 Å². The molecular formula is C16H16ClFO3. The largest absolute Gasteiger partial charge is 0.478 e. The summed E-state index contributed by atoms with van der Waals surface area (Å²) in [5.74, 6) is -1.37. The van der Waals surface area contributed by atoms with Gasteiger partial charge in [-0.1, -0.05) is 25.4 Å². The molecule has 0 heterocycles. The summed E-state index contributed by atoms with van der Waals surface area (Å²) in [4.78, 5) is 10.8. The van der Waals surface area contributed by atoms with Gasteiger partial charge in [-0.25, -0.2) is 9.18 Å². The van der Waals surface area contributed by atoms with Crippen LogP contribution >= 0.6 is 11.6 Å². The van der Waals surface area contributed by atoms with E-state index in [0.717, 1.165) is 6.07 Å². The van der Waals surface area contributed by atoms with Crippen LogP contribution in [-0.2, 0) is 0 Å². The average Bonchev–Trinajstić information content (AvgIpc) is 2.46. The van der Waals surface area contributed by atoms with Gasteiger partial charge in [0, 0.05) is 11.1 Å². The van der Waals surface area contributed by atoms with Crippen LogP contribution in [0, 0.1) is 12.7 Å². The van der Waals surface area contributed by atoms with Crippen molar-refractivity contribution in [1.82, 2.24) is 0 Å². The Kier molecular flexibility index (Phi) is 6.18. The molecule has 0 bridgehead atoms. The number of carbonyl (C=O) groups is 1. The number of benzene rings is 2. The molecule has 0 aliphatic carbocycles. The maximum Gasteiger partial charge on any atom is 0.338 e. The smallest absolute Gasteiger partial charge is 0.338 e. The van der Waals surface area contributed by atoms with E-state index in [1.807, 2.05) is 13.8 Å². The number of aryl methyl sites for hydroxylation is 1. The molecule has 0 saturated carbocycles. The number of hydrogen-bond donors (Lipinski definition) is 1. The minimum Gasteiger partial charge on any atom is -0.478 e. The third-order valence-electron chi connectivity index (χ3n) is 2.54. The number of rotatable bonds is 3. The first-order valence-electron chi connectivity index (χ1n) is 6.44. The SMILES string of the molecule is CC.Cc1cc(C(=O)O)c(F)cc1Oc1ccc(Cl)cc1. The summed E-state index contributed by atoms with van der Waals surface area (Å²) in [5, 5.41) is 9.37. The molecule has 0 aromatic heterocycles. The first-order valence-corrected chi connectivity index (χ1v) is 6.82. The second-order valence-electron chi connectivity index (χ2n) is 3.96. The Balaban J connectivity index is 0.00000106. The van der Waals surface area contributed by atoms with Gasteiger partial charge in [0.1, 0.15) is 17.3 Å². The summed E-state index contributed by atoms with van der Waals surface area (Å²) >= 11 is 5.75. The molecule has 2 aromatic rings. The Morgan fingerprint density at radius 3 is 2.29 bits per heavy atom. The summed E-state index contributed by atoms with van der Waals surface area (Å²) in [7, 11) is 0. The molecule has 0 aliphatic heterocycles. The Hall–Kier alpha value is -2.07. The minimum absolute atomic E-state index is 0.268. The van der Waals surface area contributed by atoms with Crippen LogP contribution in [-0.4, -0.2) is 11.1 Å². The molecule has 1 N–H and O–H groups in total. The molecule has 21 heavy (non-hydrogen) atoms. The van der Waals surface area contributed by atoms with Crippen molar-refractivity contribution in [2.45, 2.75) is 20.8 Å². The van der Waals surface area contributed by atoms with Gasteiger partial charge in [-0.15, -0.1) is 0 Å². The summed E-state index contributed by atoms with van der Waals surface area (Å²) in [6.07, 6.45) is 0. The van der Waals surface area contributed by atoms with E-state index >= 15 is 0 Å². The quantitative estimate of drug-likeness (QED) is 0.836. The molecule has 112 valence electrons. The van der Waals surface area contributed by atoms with Crippen molar-refractivity contribution >= 4 is 17.6 Å². The number of hydrogen-bond acceptors (Lipinski definition) is 2. The Morgan fingerprint density at radius 2 is 1.76 bits per heavy atom. The lowest BCUT2D eigenvalue weighted by Crippen LogP contribution is -2.02. The van der Waals surface area contributed by atoms with Crippen molar-refractivity contribution < 1.29 is 19.0 Å². The number of aromatic carboxylic acids is 1. The summed E-state index contributed by atoms with van der Waals surface area (Å²) < 4.78 is 19.1. The summed E-state index contributed by atoms with van der Waals surface area (Å²) in [6.45, 7) is 5.65. The number of halogens is 2. The fourth-order valence-electron chi connectivity index (χ4n) is 1.57. The van der Waals surface area contributed by atoms with E-state index < -0.39 is 11.8 Å². The Morgan fingerprint density at radius 1 is 1.19 bits per heavy atom. The van der Waals surface area contributed by atoms with E-state index in [-0.39, 0.29) is 11.3 Å². The van der Waals surface area contributed by atoms with Crippen LogP contribution < -0.4 is 4.74 Å². The lowest BCUT2D eigenvalue weighted by atomic mass is 10.1. The summed E-state index contributed by atoms with van der Waals surface area (Å²) in [5.41, 5.74) is 0.162. The average molecular weight is 311 g/mol. The van der Waals surface area contributed by atoms with E-state index in [4.69, 9.17) is 21.4 Å². The van der Waals surface area contributed by atoms with Crippen LogP contribution in [0.15, 0.2) is 36.4 Å². The van der Waals surface area contributed by atoms with Gasteiger partial charge in [0.15, 0.2) is 0 Å². The molecule has 0 atom stereocenters. The predicted octanol–water partition coefficient (Wildman–Crippen LogP) is 5.30. The standard InChI is InChI=1S/C14H10ClFO3.C2H6/c1-8-6-11(14(17)18)12(16)7-13(8)19-10-4-2-9(15)3-5-10;1-2/h2-7H,1H3,(H,17,18);1-2H3. The number of ether oxygens (including phenoxy) is 1. The fraction of sp³-hybridized carbons (Fsp3) is 0.188. The monoisotopic (exact) mass is 310 g/mol. The molecule has 0 saturated heterocycles. The van der Waals surface area contributed by atoms with E-state index in [9.17, 15) is 9.18 Å². The molecule has 0 aliphatic rings. The van der Waals surface area contributed by atoms with Crippen LogP contribution in [0.25, 0.3) is 0 Å². The van der Waals surface area contributed by atoms with Crippen LogP contribution in [0.5, 0.6) is 11.5 Å². The van der Waals surface area contributed by atoms with E-state index in [0.29, 0.717) is 16.3 Å². The second kappa shape index (κ2) is 7.64. The second-order valence-corrected chi connectivity index (χ2v) is 4.40. The van der Waals surface area contributed by atoms with Gasteiger partial charge >= 0.3 is 5.97 Å². The van der Waals surface area contributed by atoms with Crippen LogP contribution in [0.4, 0.5) is 4.39 Å². The van der Waals surface area contributed by atoms with Gasteiger partial charge < -0.3 is 9.84 Å².